The van der Waals surface area contributed by atoms with E-state index < -0.39 is 0 Å². The van der Waals surface area contributed by atoms with Crippen molar-refractivity contribution in [3.63, 3.8) is 0 Å². The zero-order chi connectivity index (χ0) is 18.7. The molecular formula is C22H25N3O. The van der Waals surface area contributed by atoms with Crippen LogP contribution in [0.5, 0.6) is 0 Å². The Bertz CT molecular complexity index is 982. The number of fused-ring (bicyclic) bond motifs is 1. The molecule has 0 radical (unpaired) electrons. The van der Waals surface area contributed by atoms with Crippen molar-refractivity contribution in [1.82, 2.24) is 9.99 Å². The molecule has 2 aromatic carbocycles. The van der Waals surface area contributed by atoms with Gasteiger partial charge in [0.15, 0.2) is 0 Å². The van der Waals surface area contributed by atoms with E-state index in [1.54, 1.807) is 6.21 Å². The van der Waals surface area contributed by atoms with Crippen molar-refractivity contribution in [2.24, 2.45) is 5.10 Å². The molecule has 26 heavy (non-hydrogen) atoms. The lowest BCUT2D eigenvalue weighted by Gasteiger charge is -2.06. The summed E-state index contributed by atoms with van der Waals surface area (Å²) in [5.74, 6) is -0.106. The predicted octanol–water partition coefficient (Wildman–Crippen LogP) is 4.28. The summed E-state index contributed by atoms with van der Waals surface area (Å²) in [6, 6.07) is 14.4. The lowest BCUT2D eigenvalue weighted by atomic mass is 10.0. The molecule has 1 heterocycles. The summed E-state index contributed by atoms with van der Waals surface area (Å²) in [5, 5.41) is 5.36. The van der Waals surface area contributed by atoms with Crippen LogP contribution in [0.3, 0.4) is 0 Å². The van der Waals surface area contributed by atoms with E-state index in [0.29, 0.717) is 6.42 Å². The van der Waals surface area contributed by atoms with Gasteiger partial charge in [-0.2, -0.15) is 5.10 Å². The fourth-order valence-corrected chi connectivity index (χ4v) is 3.45. The number of benzene rings is 2. The molecule has 134 valence electrons. The number of hydrogen-bond acceptors (Lipinski definition) is 2. The van der Waals surface area contributed by atoms with Gasteiger partial charge in [0.25, 0.3) is 0 Å². The fourth-order valence-electron chi connectivity index (χ4n) is 3.45. The molecule has 0 fully saturated rings. The lowest BCUT2D eigenvalue weighted by molar-refractivity contribution is -0.120. The average Bonchev–Trinajstić information content (AvgIpc) is 2.89. The van der Waals surface area contributed by atoms with Crippen molar-refractivity contribution < 1.29 is 4.79 Å². The number of carbonyl (C=O) groups is 1. The monoisotopic (exact) mass is 347 g/mol. The minimum atomic E-state index is -0.106. The second-order valence-electron chi connectivity index (χ2n) is 6.66. The van der Waals surface area contributed by atoms with Gasteiger partial charge in [0, 0.05) is 28.7 Å². The van der Waals surface area contributed by atoms with Crippen LogP contribution in [0.4, 0.5) is 0 Å². The van der Waals surface area contributed by atoms with E-state index in [1.807, 2.05) is 31.2 Å². The van der Waals surface area contributed by atoms with Crippen LogP contribution in [0, 0.1) is 20.8 Å². The Hall–Kier alpha value is -2.88. The summed E-state index contributed by atoms with van der Waals surface area (Å²) >= 11 is 0. The van der Waals surface area contributed by atoms with Crippen molar-refractivity contribution in [2.75, 3.05) is 0 Å². The van der Waals surface area contributed by atoms with E-state index in [2.05, 4.69) is 54.1 Å². The Balaban J connectivity index is 1.75. The van der Waals surface area contributed by atoms with Crippen LogP contribution in [-0.2, 0) is 17.8 Å². The van der Waals surface area contributed by atoms with Crippen molar-refractivity contribution >= 4 is 23.0 Å². The highest BCUT2D eigenvalue weighted by Gasteiger charge is 2.11. The predicted molar refractivity (Wildman–Crippen MR) is 108 cm³/mol. The molecule has 0 saturated carbocycles. The van der Waals surface area contributed by atoms with Crippen LogP contribution < -0.4 is 5.43 Å². The maximum atomic E-state index is 12.2. The Morgan fingerprint density at radius 3 is 2.65 bits per heavy atom. The van der Waals surface area contributed by atoms with Crippen LogP contribution in [0.15, 0.2) is 47.6 Å². The van der Waals surface area contributed by atoms with Crippen molar-refractivity contribution in [1.29, 1.82) is 0 Å². The van der Waals surface area contributed by atoms with Gasteiger partial charge in [0.05, 0.1) is 12.6 Å². The smallest absolute Gasteiger partial charge is 0.244 e. The Morgan fingerprint density at radius 1 is 1.15 bits per heavy atom. The number of hydrogen-bond donors (Lipinski definition) is 1. The lowest BCUT2D eigenvalue weighted by Crippen LogP contribution is -2.20. The highest BCUT2D eigenvalue weighted by Crippen LogP contribution is 2.24. The first-order valence-electron chi connectivity index (χ1n) is 8.97. The van der Waals surface area contributed by atoms with Gasteiger partial charge in [0.2, 0.25) is 5.91 Å². The normalized spacial score (nSPS) is 11.4. The van der Waals surface area contributed by atoms with Gasteiger partial charge in [-0.25, -0.2) is 5.43 Å². The number of hydrazone groups is 1. The van der Waals surface area contributed by atoms with Crippen molar-refractivity contribution in [2.45, 2.75) is 40.7 Å². The molecule has 0 atom stereocenters. The summed E-state index contributed by atoms with van der Waals surface area (Å²) in [6.45, 7) is 9.20. The molecule has 0 aliphatic heterocycles. The van der Waals surface area contributed by atoms with Crippen LogP contribution in [-0.4, -0.2) is 16.7 Å². The van der Waals surface area contributed by atoms with Crippen molar-refractivity contribution in [3.05, 3.63) is 70.4 Å². The SMILES string of the molecule is CCn1c(C)c(/C=N/NC(=O)Cc2ccc(C)cc2C)c2ccccc21. The van der Waals surface area contributed by atoms with Gasteiger partial charge >= 0.3 is 0 Å². The molecule has 3 aromatic rings. The number of amides is 1. The molecular weight excluding hydrogens is 322 g/mol. The minimum absolute atomic E-state index is 0.106. The molecule has 0 bridgehead atoms. The molecule has 0 saturated heterocycles. The Morgan fingerprint density at radius 2 is 1.92 bits per heavy atom. The van der Waals surface area contributed by atoms with E-state index in [0.717, 1.165) is 34.3 Å². The third kappa shape index (κ3) is 3.54. The molecule has 1 aromatic heterocycles. The maximum absolute atomic E-state index is 12.2. The molecule has 4 heteroatoms. The number of carbonyl (C=O) groups excluding carboxylic acids is 1. The third-order valence-electron chi connectivity index (χ3n) is 4.83. The van der Waals surface area contributed by atoms with E-state index in [9.17, 15) is 4.79 Å². The molecule has 1 amide bonds. The van der Waals surface area contributed by atoms with Gasteiger partial charge in [-0.05, 0) is 44.9 Å². The highest BCUT2D eigenvalue weighted by atomic mass is 16.2. The average molecular weight is 347 g/mol. The summed E-state index contributed by atoms with van der Waals surface area (Å²) in [7, 11) is 0. The van der Waals surface area contributed by atoms with Gasteiger partial charge in [-0.15, -0.1) is 0 Å². The first kappa shape index (κ1) is 17.9. The van der Waals surface area contributed by atoms with Crippen LogP contribution >= 0.6 is 0 Å². The first-order valence-corrected chi connectivity index (χ1v) is 8.97. The summed E-state index contributed by atoms with van der Waals surface area (Å²) in [4.78, 5) is 12.2. The largest absolute Gasteiger partial charge is 0.344 e. The minimum Gasteiger partial charge on any atom is -0.344 e. The summed E-state index contributed by atoms with van der Waals surface area (Å²) < 4.78 is 2.26. The van der Waals surface area contributed by atoms with Gasteiger partial charge in [0.1, 0.15) is 0 Å². The number of aromatic nitrogens is 1. The quantitative estimate of drug-likeness (QED) is 0.543. The number of nitrogens with one attached hydrogen (secondary N) is 1. The van der Waals surface area contributed by atoms with Crippen LogP contribution in [0.1, 0.15) is 34.9 Å². The molecule has 1 N–H and O–H groups in total. The zero-order valence-electron chi connectivity index (χ0n) is 15.8. The standard InChI is InChI=1S/C22H25N3O/c1-5-25-17(4)20(19-8-6-7-9-21(19)25)14-23-24-22(26)13-18-11-10-15(2)12-16(18)3/h6-12,14H,5,13H2,1-4H3,(H,24,26)/b23-14+. The van der Waals surface area contributed by atoms with Gasteiger partial charge in [-0.1, -0.05) is 42.0 Å². The number of rotatable bonds is 5. The fraction of sp³-hybridized carbons (Fsp3) is 0.273. The molecule has 0 spiro atoms. The van der Waals surface area contributed by atoms with E-state index in [-0.39, 0.29) is 5.91 Å². The second-order valence-corrected chi connectivity index (χ2v) is 6.66. The Labute approximate surface area is 154 Å². The third-order valence-corrected chi connectivity index (χ3v) is 4.83. The Kier molecular flexibility index (Phi) is 5.21. The number of nitrogens with zero attached hydrogens (tertiary/aromatic N) is 2. The van der Waals surface area contributed by atoms with Gasteiger partial charge < -0.3 is 4.57 Å². The van der Waals surface area contributed by atoms with Crippen LogP contribution in [0.25, 0.3) is 10.9 Å². The molecule has 3 rings (SSSR count). The van der Waals surface area contributed by atoms with Crippen LogP contribution in [0.2, 0.25) is 0 Å². The summed E-state index contributed by atoms with van der Waals surface area (Å²) in [5.41, 5.74) is 9.42. The highest BCUT2D eigenvalue weighted by molar-refractivity contribution is 6.01. The number of aryl methyl sites for hydroxylation is 3. The van der Waals surface area contributed by atoms with E-state index >= 15 is 0 Å². The van der Waals surface area contributed by atoms with Gasteiger partial charge in [-0.3, -0.25) is 4.79 Å². The molecule has 0 aliphatic rings. The van der Waals surface area contributed by atoms with Crippen molar-refractivity contribution in [3.8, 4) is 0 Å². The molecule has 0 unspecified atom stereocenters. The molecule has 4 nitrogen and oxygen atoms in total. The topological polar surface area (TPSA) is 46.4 Å². The number of para-hydroxylation sites is 1. The molecule has 0 aliphatic carbocycles. The maximum Gasteiger partial charge on any atom is 0.244 e. The second kappa shape index (κ2) is 7.56. The summed E-state index contributed by atoms with van der Waals surface area (Å²) in [6.07, 6.45) is 2.09. The first-order chi connectivity index (χ1) is 12.5. The zero-order valence-corrected chi connectivity index (χ0v) is 15.8. The van der Waals surface area contributed by atoms with E-state index in [4.69, 9.17) is 0 Å². The van der Waals surface area contributed by atoms with E-state index in [1.165, 1.54) is 11.1 Å².